The van der Waals surface area contributed by atoms with Gasteiger partial charge in [-0.3, -0.25) is 0 Å². The van der Waals surface area contributed by atoms with Crippen LogP contribution in [0.3, 0.4) is 0 Å². The maximum absolute atomic E-state index is 12.5. The van der Waals surface area contributed by atoms with Crippen molar-refractivity contribution < 1.29 is 8.78 Å². The fraction of sp³-hybridized carbons (Fsp3) is 0.250. The molecule has 1 aromatic heterocycles. The first kappa shape index (κ1) is 11.1. The van der Waals surface area contributed by atoms with Gasteiger partial charge in [0.05, 0.1) is 12.5 Å². The molecule has 0 amide bonds. The van der Waals surface area contributed by atoms with Gasteiger partial charge < -0.3 is 5.73 Å². The van der Waals surface area contributed by atoms with Crippen molar-refractivity contribution in [3.05, 3.63) is 21.0 Å². The SMILES string of the molecule is N#CCc1c(N)cc(I)nc1C(F)F. The summed E-state index contributed by atoms with van der Waals surface area (Å²) in [6.07, 6.45) is -2.84. The molecular weight excluding hydrogens is 303 g/mol. The van der Waals surface area contributed by atoms with Gasteiger partial charge in [-0.1, -0.05) is 0 Å². The van der Waals surface area contributed by atoms with Crippen LogP contribution < -0.4 is 5.73 Å². The Morgan fingerprint density at radius 2 is 2.29 bits per heavy atom. The fourth-order valence-electron chi connectivity index (χ4n) is 1.03. The van der Waals surface area contributed by atoms with E-state index in [9.17, 15) is 8.78 Å². The average molecular weight is 309 g/mol. The lowest BCUT2D eigenvalue weighted by molar-refractivity contribution is 0.145. The van der Waals surface area contributed by atoms with E-state index in [0.29, 0.717) is 3.70 Å². The number of hydrogen-bond donors (Lipinski definition) is 1. The molecule has 0 aliphatic heterocycles. The van der Waals surface area contributed by atoms with E-state index in [-0.39, 0.29) is 17.7 Å². The number of hydrogen-bond acceptors (Lipinski definition) is 3. The number of pyridine rings is 1. The molecule has 0 aliphatic carbocycles. The first-order chi connectivity index (χ1) is 6.56. The second-order valence-electron chi connectivity index (χ2n) is 2.53. The van der Waals surface area contributed by atoms with Crippen molar-refractivity contribution in [1.29, 1.82) is 5.26 Å². The maximum Gasteiger partial charge on any atom is 0.280 e. The number of nitrogens with two attached hydrogens (primary N) is 1. The number of anilines is 1. The van der Waals surface area contributed by atoms with Crippen LogP contribution in [-0.2, 0) is 6.42 Å². The minimum Gasteiger partial charge on any atom is -0.398 e. The summed E-state index contributed by atoms with van der Waals surface area (Å²) in [4.78, 5) is 3.66. The number of nitriles is 1. The van der Waals surface area contributed by atoms with Crippen molar-refractivity contribution >= 4 is 28.3 Å². The molecule has 1 rings (SSSR count). The fourth-order valence-corrected chi connectivity index (χ4v) is 1.63. The lowest BCUT2D eigenvalue weighted by Gasteiger charge is -2.08. The largest absolute Gasteiger partial charge is 0.398 e. The summed E-state index contributed by atoms with van der Waals surface area (Å²) in [7, 11) is 0. The Balaban J connectivity index is 3.30. The van der Waals surface area contributed by atoms with Gasteiger partial charge in [0.25, 0.3) is 6.43 Å². The van der Waals surface area contributed by atoms with Gasteiger partial charge in [-0.05, 0) is 28.7 Å². The van der Waals surface area contributed by atoms with E-state index < -0.39 is 12.1 Å². The molecule has 0 fully saturated rings. The van der Waals surface area contributed by atoms with E-state index in [4.69, 9.17) is 11.0 Å². The standard InChI is InChI=1S/C8H6F2IN3/c9-8(10)7-4(1-2-12)5(13)3-6(11)14-7/h3,8H,1H2,(H2,13,14). The Morgan fingerprint density at radius 1 is 1.64 bits per heavy atom. The van der Waals surface area contributed by atoms with Crippen LogP contribution in [0.15, 0.2) is 6.07 Å². The van der Waals surface area contributed by atoms with E-state index in [1.54, 1.807) is 28.7 Å². The molecule has 74 valence electrons. The van der Waals surface area contributed by atoms with Gasteiger partial charge in [-0.2, -0.15) is 5.26 Å². The molecule has 0 aromatic carbocycles. The molecule has 0 unspecified atom stereocenters. The topological polar surface area (TPSA) is 62.7 Å². The number of aromatic nitrogens is 1. The Hall–Kier alpha value is -0.970. The lowest BCUT2D eigenvalue weighted by Crippen LogP contribution is -2.04. The van der Waals surface area contributed by atoms with Gasteiger partial charge in [0.15, 0.2) is 0 Å². The highest BCUT2D eigenvalue weighted by atomic mass is 127. The summed E-state index contributed by atoms with van der Waals surface area (Å²) in [5.41, 5.74) is 5.45. The molecule has 0 spiro atoms. The van der Waals surface area contributed by atoms with Crippen molar-refractivity contribution in [2.45, 2.75) is 12.8 Å². The minimum absolute atomic E-state index is 0.128. The second kappa shape index (κ2) is 4.50. The smallest absolute Gasteiger partial charge is 0.280 e. The quantitative estimate of drug-likeness (QED) is 0.673. The monoisotopic (exact) mass is 309 g/mol. The minimum atomic E-state index is -2.70. The number of alkyl halides is 2. The van der Waals surface area contributed by atoms with Crippen LogP contribution in [0.2, 0.25) is 0 Å². The Morgan fingerprint density at radius 3 is 2.79 bits per heavy atom. The van der Waals surface area contributed by atoms with E-state index in [1.165, 1.54) is 6.07 Å². The first-order valence-electron chi connectivity index (χ1n) is 3.66. The van der Waals surface area contributed by atoms with Crippen LogP contribution in [0.5, 0.6) is 0 Å². The van der Waals surface area contributed by atoms with Crippen molar-refractivity contribution in [3.8, 4) is 6.07 Å². The van der Waals surface area contributed by atoms with E-state index in [1.807, 2.05) is 0 Å². The van der Waals surface area contributed by atoms with Gasteiger partial charge in [-0.15, -0.1) is 0 Å². The van der Waals surface area contributed by atoms with Gasteiger partial charge in [0, 0.05) is 11.3 Å². The summed E-state index contributed by atoms with van der Waals surface area (Å²) in [6.45, 7) is 0. The van der Waals surface area contributed by atoms with Crippen LogP contribution in [0.4, 0.5) is 14.5 Å². The van der Waals surface area contributed by atoms with E-state index in [2.05, 4.69) is 4.98 Å². The lowest BCUT2D eigenvalue weighted by atomic mass is 10.1. The van der Waals surface area contributed by atoms with Crippen LogP contribution in [0.1, 0.15) is 17.7 Å². The van der Waals surface area contributed by atoms with Gasteiger partial charge in [-0.25, -0.2) is 13.8 Å². The Bertz CT molecular complexity index is 387. The normalized spacial score (nSPS) is 10.2. The summed E-state index contributed by atoms with van der Waals surface area (Å²) >= 11 is 1.80. The number of nitrogen functional groups attached to an aromatic ring is 1. The molecule has 0 aliphatic rings. The molecule has 14 heavy (non-hydrogen) atoms. The molecule has 0 atom stereocenters. The Kier molecular flexibility index (Phi) is 3.57. The predicted octanol–water partition coefficient (Wildman–Crippen LogP) is 2.27. The van der Waals surface area contributed by atoms with Crippen LogP contribution in [-0.4, -0.2) is 4.98 Å². The molecule has 3 nitrogen and oxygen atoms in total. The second-order valence-corrected chi connectivity index (χ2v) is 3.64. The molecule has 0 saturated heterocycles. The third-order valence-electron chi connectivity index (χ3n) is 1.62. The first-order valence-corrected chi connectivity index (χ1v) is 4.74. The summed E-state index contributed by atoms with van der Waals surface area (Å²) in [5, 5.41) is 8.44. The van der Waals surface area contributed by atoms with Crippen LogP contribution in [0, 0.1) is 15.0 Å². The molecule has 1 aromatic rings. The average Bonchev–Trinajstić information content (AvgIpc) is 2.09. The highest BCUT2D eigenvalue weighted by Gasteiger charge is 2.17. The van der Waals surface area contributed by atoms with Crippen molar-refractivity contribution in [2.24, 2.45) is 0 Å². The van der Waals surface area contributed by atoms with Crippen molar-refractivity contribution in [2.75, 3.05) is 5.73 Å². The number of nitrogens with zero attached hydrogens (tertiary/aromatic N) is 2. The third kappa shape index (κ3) is 2.29. The predicted molar refractivity (Wildman–Crippen MR) is 55.6 cm³/mol. The zero-order valence-electron chi connectivity index (χ0n) is 6.97. The Labute approximate surface area is 93.1 Å². The molecule has 1 heterocycles. The van der Waals surface area contributed by atoms with Gasteiger partial charge >= 0.3 is 0 Å². The summed E-state index contributed by atoms with van der Waals surface area (Å²) in [6, 6.07) is 3.26. The highest BCUT2D eigenvalue weighted by molar-refractivity contribution is 14.1. The zero-order chi connectivity index (χ0) is 10.7. The van der Waals surface area contributed by atoms with Gasteiger partial charge in [0.1, 0.15) is 9.39 Å². The molecular formula is C8H6F2IN3. The van der Waals surface area contributed by atoms with Crippen LogP contribution in [0.25, 0.3) is 0 Å². The zero-order valence-corrected chi connectivity index (χ0v) is 9.12. The summed E-state index contributed by atoms with van der Waals surface area (Å²) < 4.78 is 25.4. The van der Waals surface area contributed by atoms with E-state index in [0.717, 1.165) is 0 Å². The van der Waals surface area contributed by atoms with Crippen molar-refractivity contribution in [3.63, 3.8) is 0 Å². The highest BCUT2D eigenvalue weighted by Crippen LogP contribution is 2.26. The van der Waals surface area contributed by atoms with E-state index >= 15 is 0 Å². The van der Waals surface area contributed by atoms with Gasteiger partial charge in [0.2, 0.25) is 0 Å². The molecule has 6 heteroatoms. The molecule has 0 bridgehead atoms. The summed E-state index contributed by atoms with van der Waals surface area (Å²) in [5.74, 6) is 0. The van der Waals surface area contributed by atoms with Crippen molar-refractivity contribution in [1.82, 2.24) is 4.98 Å². The van der Waals surface area contributed by atoms with Crippen LogP contribution >= 0.6 is 22.6 Å². The number of rotatable bonds is 2. The maximum atomic E-state index is 12.5. The molecule has 0 radical (unpaired) electrons. The molecule has 2 N–H and O–H groups in total. The third-order valence-corrected chi connectivity index (χ3v) is 2.17. The molecule has 0 saturated carbocycles. The number of halogens is 3.